The Kier molecular flexibility index (Phi) is 3.08. The molecule has 0 aliphatic rings. The predicted octanol–water partition coefficient (Wildman–Crippen LogP) is 4.52. The first kappa shape index (κ1) is 13.5. The summed E-state index contributed by atoms with van der Waals surface area (Å²) in [5, 5.41) is 0. The van der Waals surface area contributed by atoms with Crippen molar-refractivity contribution >= 4 is 11.1 Å². The van der Waals surface area contributed by atoms with E-state index in [0.29, 0.717) is 16.9 Å². The van der Waals surface area contributed by atoms with Crippen LogP contribution in [0.1, 0.15) is 5.56 Å². The Hall–Kier alpha value is -2.50. The number of nitrogens with zero attached hydrogens (tertiary/aromatic N) is 1. The first-order valence-electron chi connectivity index (χ1n) is 6.09. The van der Waals surface area contributed by atoms with Gasteiger partial charge >= 0.3 is 6.18 Å². The van der Waals surface area contributed by atoms with E-state index in [2.05, 4.69) is 4.98 Å². The zero-order chi connectivity index (χ0) is 15.0. The van der Waals surface area contributed by atoms with Gasteiger partial charge < -0.3 is 9.15 Å². The van der Waals surface area contributed by atoms with Crippen LogP contribution in [-0.2, 0) is 6.18 Å². The summed E-state index contributed by atoms with van der Waals surface area (Å²) in [6, 6.07) is 10.1. The van der Waals surface area contributed by atoms with Gasteiger partial charge in [-0.1, -0.05) is 0 Å². The molecule has 0 saturated carbocycles. The SMILES string of the molecule is COc1ccc(-c2nc3cc(C(F)(F)F)ccc3o2)cc1. The van der Waals surface area contributed by atoms with E-state index in [1.165, 1.54) is 6.07 Å². The molecule has 0 atom stereocenters. The molecule has 3 aromatic rings. The normalized spacial score (nSPS) is 11.8. The van der Waals surface area contributed by atoms with Gasteiger partial charge in [-0.25, -0.2) is 4.98 Å². The van der Waals surface area contributed by atoms with Crippen LogP contribution in [0, 0.1) is 0 Å². The van der Waals surface area contributed by atoms with Crippen molar-refractivity contribution in [1.29, 1.82) is 0 Å². The standard InChI is InChI=1S/C15H10F3NO2/c1-20-11-5-2-9(3-6-11)14-19-12-8-10(15(16,17)18)4-7-13(12)21-14/h2-8H,1H3. The highest BCUT2D eigenvalue weighted by Crippen LogP contribution is 2.33. The molecule has 0 bridgehead atoms. The van der Waals surface area contributed by atoms with E-state index in [4.69, 9.17) is 9.15 Å². The number of hydrogen-bond acceptors (Lipinski definition) is 3. The molecule has 3 nitrogen and oxygen atoms in total. The zero-order valence-corrected chi connectivity index (χ0v) is 10.9. The lowest BCUT2D eigenvalue weighted by molar-refractivity contribution is -0.137. The fourth-order valence-corrected chi connectivity index (χ4v) is 1.96. The van der Waals surface area contributed by atoms with Crippen LogP contribution in [0.4, 0.5) is 13.2 Å². The van der Waals surface area contributed by atoms with E-state index in [0.717, 1.165) is 12.1 Å². The number of ether oxygens (including phenoxy) is 1. The first-order chi connectivity index (χ1) is 9.97. The highest BCUT2D eigenvalue weighted by atomic mass is 19.4. The highest BCUT2D eigenvalue weighted by Gasteiger charge is 2.31. The van der Waals surface area contributed by atoms with Gasteiger partial charge in [0.25, 0.3) is 0 Å². The molecule has 0 spiro atoms. The second kappa shape index (κ2) is 4.80. The van der Waals surface area contributed by atoms with Crippen molar-refractivity contribution in [2.24, 2.45) is 0 Å². The molecule has 0 saturated heterocycles. The average Bonchev–Trinajstić information content (AvgIpc) is 2.89. The van der Waals surface area contributed by atoms with Crippen LogP contribution in [-0.4, -0.2) is 12.1 Å². The largest absolute Gasteiger partial charge is 0.497 e. The van der Waals surface area contributed by atoms with Crippen molar-refractivity contribution in [3.63, 3.8) is 0 Å². The van der Waals surface area contributed by atoms with Crippen molar-refractivity contribution in [2.45, 2.75) is 6.18 Å². The molecule has 0 radical (unpaired) electrons. The number of methoxy groups -OCH3 is 1. The highest BCUT2D eigenvalue weighted by molar-refractivity contribution is 5.77. The number of fused-ring (bicyclic) bond motifs is 1. The molecule has 6 heteroatoms. The van der Waals surface area contributed by atoms with E-state index < -0.39 is 11.7 Å². The van der Waals surface area contributed by atoms with Gasteiger partial charge in [0.1, 0.15) is 11.3 Å². The fourth-order valence-electron chi connectivity index (χ4n) is 1.96. The van der Waals surface area contributed by atoms with Gasteiger partial charge in [-0.2, -0.15) is 13.2 Å². The van der Waals surface area contributed by atoms with Gasteiger partial charge in [-0.15, -0.1) is 0 Å². The topological polar surface area (TPSA) is 35.3 Å². The third kappa shape index (κ3) is 2.56. The molecular weight excluding hydrogens is 283 g/mol. The Labute approximate surface area is 118 Å². The number of rotatable bonds is 2. The van der Waals surface area contributed by atoms with E-state index in [-0.39, 0.29) is 11.4 Å². The molecule has 0 fully saturated rings. The summed E-state index contributed by atoms with van der Waals surface area (Å²) in [5.74, 6) is 0.946. The van der Waals surface area contributed by atoms with Crippen molar-refractivity contribution in [3.05, 3.63) is 48.0 Å². The lowest BCUT2D eigenvalue weighted by Crippen LogP contribution is -2.03. The minimum atomic E-state index is -4.40. The van der Waals surface area contributed by atoms with Crippen molar-refractivity contribution in [1.82, 2.24) is 4.98 Å². The quantitative estimate of drug-likeness (QED) is 0.696. The number of halogens is 3. The van der Waals surface area contributed by atoms with E-state index in [1.54, 1.807) is 31.4 Å². The summed E-state index contributed by atoms with van der Waals surface area (Å²) < 4.78 is 48.5. The van der Waals surface area contributed by atoms with Gasteiger partial charge in [0.15, 0.2) is 5.58 Å². The van der Waals surface area contributed by atoms with Crippen molar-refractivity contribution in [3.8, 4) is 17.2 Å². The number of aromatic nitrogens is 1. The summed E-state index contributed by atoms with van der Waals surface area (Å²) in [7, 11) is 1.55. The molecule has 21 heavy (non-hydrogen) atoms. The van der Waals surface area contributed by atoms with Crippen LogP contribution >= 0.6 is 0 Å². The lowest BCUT2D eigenvalue weighted by atomic mass is 10.2. The number of oxazole rings is 1. The summed E-state index contributed by atoms with van der Waals surface area (Å²) >= 11 is 0. The predicted molar refractivity (Wildman–Crippen MR) is 71.0 cm³/mol. The molecule has 1 heterocycles. The molecular formula is C15H10F3NO2. The van der Waals surface area contributed by atoms with Gasteiger partial charge in [0, 0.05) is 5.56 Å². The summed E-state index contributed by atoms with van der Waals surface area (Å²) in [5.41, 5.74) is 0.412. The second-order valence-electron chi connectivity index (χ2n) is 4.43. The van der Waals surface area contributed by atoms with Crippen molar-refractivity contribution < 1.29 is 22.3 Å². The van der Waals surface area contributed by atoms with Crippen LogP contribution in [0.2, 0.25) is 0 Å². The van der Waals surface area contributed by atoms with Crippen molar-refractivity contribution in [2.75, 3.05) is 7.11 Å². The van der Waals surface area contributed by atoms with Crippen LogP contribution < -0.4 is 4.74 Å². The Morgan fingerprint density at radius 1 is 1.05 bits per heavy atom. The molecule has 1 aromatic heterocycles. The van der Waals surface area contributed by atoms with Gasteiger partial charge in [-0.3, -0.25) is 0 Å². The van der Waals surface area contributed by atoms with Crippen LogP contribution in [0.25, 0.3) is 22.6 Å². The number of benzene rings is 2. The third-order valence-electron chi connectivity index (χ3n) is 3.05. The molecule has 3 rings (SSSR count). The van der Waals surface area contributed by atoms with Crippen LogP contribution in [0.3, 0.4) is 0 Å². The van der Waals surface area contributed by atoms with Gasteiger partial charge in [0.2, 0.25) is 5.89 Å². The fraction of sp³-hybridized carbons (Fsp3) is 0.133. The second-order valence-corrected chi connectivity index (χ2v) is 4.43. The Morgan fingerprint density at radius 2 is 1.76 bits per heavy atom. The molecule has 0 unspecified atom stereocenters. The molecule has 0 aliphatic carbocycles. The monoisotopic (exact) mass is 293 g/mol. The Bertz CT molecular complexity index is 776. The summed E-state index contributed by atoms with van der Waals surface area (Å²) in [6.07, 6.45) is -4.40. The van der Waals surface area contributed by atoms with Gasteiger partial charge in [-0.05, 0) is 42.5 Å². The summed E-state index contributed by atoms with van der Waals surface area (Å²) in [6.45, 7) is 0. The zero-order valence-electron chi connectivity index (χ0n) is 10.9. The maximum atomic E-state index is 12.7. The number of hydrogen-bond donors (Lipinski definition) is 0. The smallest absolute Gasteiger partial charge is 0.416 e. The maximum Gasteiger partial charge on any atom is 0.416 e. The Balaban J connectivity index is 2.04. The van der Waals surface area contributed by atoms with E-state index in [1.807, 2.05) is 0 Å². The molecule has 2 aromatic carbocycles. The van der Waals surface area contributed by atoms with E-state index >= 15 is 0 Å². The molecule has 0 aliphatic heterocycles. The minimum Gasteiger partial charge on any atom is -0.497 e. The number of alkyl halides is 3. The lowest BCUT2D eigenvalue weighted by Gasteiger charge is -2.04. The van der Waals surface area contributed by atoms with E-state index in [9.17, 15) is 13.2 Å². The first-order valence-corrected chi connectivity index (χ1v) is 6.09. The average molecular weight is 293 g/mol. The summed E-state index contributed by atoms with van der Waals surface area (Å²) in [4.78, 5) is 4.11. The van der Waals surface area contributed by atoms with Crippen LogP contribution in [0.15, 0.2) is 46.9 Å². The third-order valence-corrected chi connectivity index (χ3v) is 3.05. The molecule has 108 valence electrons. The van der Waals surface area contributed by atoms with Gasteiger partial charge in [0.05, 0.1) is 12.7 Å². The molecule has 0 N–H and O–H groups in total. The molecule has 0 amide bonds. The minimum absolute atomic E-state index is 0.177. The maximum absolute atomic E-state index is 12.7. The Morgan fingerprint density at radius 3 is 2.38 bits per heavy atom. The van der Waals surface area contributed by atoms with Crippen LogP contribution in [0.5, 0.6) is 5.75 Å².